The first-order valence-electron chi connectivity index (χ1n) is 11.7. The Morgan fingerprint density at radius 3 is 2.52 bits per heavy atom. The van der Waals surface area contributed by atoms with Crippen molar-refractivity contribution in [2.24, 2.45) is 5.92 Å². The molecule has 5 heteroatoms. The van der Waals surface area contributed by atoms with E-state index in [4.69, 9.17) is 0 Å². The van der Waals surface area contributed by atoms with Gasteiger partial charge in [-0.05, 0) is 79.7 Å². The van der Waals surface area contributed by atoms with E-state index in [-0.39, 0.29) is 0 Å². The maximum atomic E-state index is 4.60. The van der Waals surface area contributed by atoms with E-state index in [1.807, 2.05) is 20.3 Å². The Hall–Kier alpha value is -2.82. The van der Waals surface area contributed by atoms with Crippen molar-refractivity contribution in [2.45, 2.75) is 50.5 Å². The summed E-state index contributed by atoms with van der Waals surface area (Å²) in [6, 6.07) is 13.8. The van der Waals surface area contributed by atoms with Crippen molar-refractivity contribution < 1.29 is 0 Å². The smallest absolute Gasteiger partial charge is 0.127 e. The van der Waals surface area contributed by atoms with Gasteiger partial charge < -0.3 is 10.2 Å². The maximum Gasteiger partial charge on any atom is 0.127 e. The third kappa shape index (κ3) is 4.76. The lowest BCUT2D eigenvalue weighted by molar-refractivity contribution is 0.338. The summed E-state index contributed by atoms with van der Waals surface area (Å²) in [5, 5.41) is 8.23. The predicted octanol–water partition coefficient (Wildman–Crippen LogP) is 5.73. The van der Waals surface area contributed by atoms with Gasteiger partial charge in [-0.15, -0.1) is 0 Å². The van der Waals surface area contributed by atoms with Gasteiger partial charge in [-0.2, -0.15) is 5.10 Å². The average Bonchev–Trinajstić information content (AvgIpc) is 3.54. The highest BCUT2D eigenvalue weighted by Gasteiger charge is 2.24. The Kier molecular flexibility index (Phi) is 5.66. The Morgan fingerprint density at radius 2 is 1.81 bits per heavy atom. The largest absolute Gasteiger partial charge is 0.385 e. The van der Waals surface area contributed by atoms with Crippen molar-refractivity contribution in [3.63, 3.8) is 0 Å². The number of hydrogen-bond acceptors (Lipinski definition) is 4. The topological polar surface area (TPSA) is 46.0 Å². The van der Waals surface area contributed by atoms with Gasteiger partial charge in [-0.1, -0.05) is 18.2 Å². The van der Waals surface area contributed by atoms with Crippen LogP contribution in [0.2, 0.25) is 0 Å². The van der Waals surface area contributed by atoms with Crippen LogP contribution in [0.1, 0.15) is 56.0 Å². The van der Waals surface area contributed by atoms with E-state index < -0.39 is 0 Å². The number of benzene rings is 1. The molecule has 0 spiro atoms. The molecule has 2 heterocycles. The molecule has 0 amide bonds. The van der Waals surface area contributed by atoms with Gasteiger partial charge in [-0.25, -0.2) is 4.98 Å². The van der Waals surface area contributed by atoms with Gasteiger partial charge in [0.15, 0.2) is 0 Å². The van der Waals surface area contributed by atoms with Crippen LogP contribution in [0.4, 0.5) is 11.5 Å². The molecule has 0 atom stereocenters. The number of rotatable bonds is 7. The second-order valence-corrected chi connectivity index (χ2v) is 9.46. The molecule has 0 aliphatic heterocycles. The highest BCUT2D eigenvalue weighted by molar-refractivity contribution is 5.67. The Morgan fingerprint density at radius 1 is 0.968 bits per heavy atom. The predicted molar refractivity (Wildman–Crippen MR) is 128 cm³/mol. The van der Waals surface area contributed by atoms with Gasteiger partial charge in [0.2, 0.25) is 0 Å². The molecule has 5 rings (SSSR count). The first-order chi connectivity index (χ1) is 15.2. The van der Waals surface area contributed by atoms with Gasteiger partial charge in [-0.3, -0.25) is 4.68 Å². The summed E-state index contributed by atoms with van der Waals surface area (Å²) in [7, 11) is 4.08. The zero-order valence-electron chi connectivity index (χ0n) is 18.7. The summed E-state index contributed by atoms with van der Waals surface area (Å²) >= 11 is 0. The van der Waals surface area contributed by atoms with Crippen molar-refractivity contribution in [1.29, 1.82) is 0 Å². The molecule has 2 saturated carbocycles. The fourth-order valence-corrected chi connectivity index (χ4v) is 4.70. The van der Waals surface area contributed by atoms with Crippen molar-refractivity contribution in [3.05, 3.63) is 60.6 Å². The van der Waals surface area contributed by atoms with Crippen molar-refractivity contribution in [2.75, 3.05) is 30.9 Å². The molecule has 2 fully saturated rings. The lowest BCUT2D eigenvalue weighted by Gasteiger charge is -2.29. The first-order valence-corrected chi connectivity index (χ1v) is 11.7. The average molecular weight is 416 g/mol. The summed E-state index contributed by atoms with van der Waals surface area (Å²) in [6.07, 6.45) is 13.9. The fraction of sp³-hybridized carbons (Fsp3) is 0.462. The molecule has 2 aliphatic rings. The van der Waals surface area contributed by atoms with Crippen LogP contribution in [0.15, 0.2) is 55.0 Å². The van der Waals surface area contributed by atoms with Crippen LogP contribution < -0.4 is 10.2 Å². The number of anilines is 2. The summed E-state index contributed by atoms with van der Waals surface area (Å²) < 4.78 is 2.12. The fourth-order valence-electron chi connectivity index (χ4n) is 4.70. The van der Waals surface area contributed by atoms with E-state index in [9.17, 15) is 0 Å². The van der Waals surface area contributed by atoms with E-state index >= 15 is 0 Å². The minimum absolute atomic E-state index is 0.631. The van der Waals surface area contributed by atoms with Gasteiger partial charge in [0.1, 0.15) is 5.82 Å². The maximum absolute atomic E-state index is 4.60. The third-order valence-electron chi connectivity index (χ3n) is 6.86. The normalized spacial score (nSPS) is 21.1. The van der Waals surface area contributed by atoms with Crippen LogP contribution in [0.25, 0.3) is 11.1 Å². The van der Waals surface area contributed by atoms with Crippen LogP contribution in [-0.2, 0) is 0 Å². The summed E-state index contributed by atoms with van der Waals surface area (Å²) in [5.41, 5.74) is 5.07. The number of aromatic nitrogens is 3. The second kappa shape index (κ2) is 8.74. The van der Waals surface area contributed by atoms with Crippen molar-refractivity contribution >= 4 is 11.5 Å². The summed E-state index contributed by atoms with van der Waals surface area (Å²) in [6.45, 7) is 1.05. The highest BCUT2D eigenvalue weighted by atomic mass is 15.3. The van der Waals surface area contributed by atoms with Gasteiger partial charge >= 0.3 is 0 Å². The van der Waals surface area contributed by atoms with Crippen LogP contribution in [0, 0.1) is 5.92 Å². The molecule has 5 nitrogen and oxygen atoms in total. The van der Waals surface area contributed by atoms with Crippen LogP contribution in [0.5, 0.6) is 0 Å². The number of nitrogens with one attached hydrogen (secondary N) is 1. The molecule has 0 saturated heterocycles. The molecular formula is C26H33N5. The standard InChI is InChI=1S/C26H33N5/c1-30(2)26-13-10-22(16-28-26)20-8-6-19(7-9-20)15-27-24-5-3-4-21(14-24)23-17-29-31(18-23)25-11-12-25/h3-5,10,13-14,16-20,25,27H,6-9,11-12,15H2,1-2H3. The molecule has 162 valence electrons. The molecule has 0 radical (unpaired) electrons. The highest BCUT2D eigenvalue weighted by Crippen LogP contribution is 2.37. The van der Waals surface area contributed by atoms with E-state index in [0.29, 0.717) is 12.0 Å². The summed E-state index contributed by atoms with van der Waals surface area (Å²) in [4.78, 5) is 6.66. The number of nitrogens with zero attached hydrogens (tertiary/aromatic N) is 4. The lowest BCUT2D eigenvalue weighted by Crippen LogP contribution is -2.20. The SMILES string of the molecule is CN(C)c1ccc(C2CCC(CNc3cccc(-c4cnn(C5CC5)c4)c3)CC2)cn1. The first kappa shape index (κ1) is 20.1. The Balaban J connectivity index is 1.13. The van der Waals surface area contributed by atoms with Crippen LogP contribution in [-0.4, -0.2) is 35.4 Å². The Labute approximate surface area is 185 Å². The lowest BCUT2D eigenvalue weighted by atomic mass is 9.79. The van der Waals surface area contributed by atoms with Crippen molar-refractivity contribution in [3.8, 4) is 11.1 Å². The van der Waals surface area contributed by atoms with E-state index in [0.717, 1.165) is 18.3 Å². The molecular weight excluding hydrogens is 382 g/mol. The molecule has 2 aromatic heterocycles. The molecule has 1 N–H and O–H groups in total. The van der Waals surface area contributed by atoms with Crippen LogP contribution >= 0.6 is 0 Å². The van der Waals surface area contributed by atoms with E-state index in [1.165, 1.54) is 60.9 Å². The minimum atomic E-state index is 0.631. The molecule has 3 aromatic rings. The molecule has 0 bridgehead atoms. The zero-order valence-corrected chi connectivity index (χ0v) is 18.7. The van der Waals surface area contributed by atoms with Gasteiger partial charge in [0.05, 0.1) is 12.2 Å². The molecule has 1 aromatic carbocycles. The van der Waals surface area contributed by atoms with Gasteiger partial charge in [0.25, 0.3) is 0 Å². The molecule has 31 heavy (non-hydrogen) atoms. The number of pyridine rings is 1. The summed E-state index contributed by atoms with van der Waals surface area (Å²) in [5.74, 6) is 2.43. The Bertz CT molecular complexity index is 995. The third-order valence-corrected chi connectivity index (χ3v) is 6.86. The van der Waals surface area contributed by atoms with E-state index in [2.05, 4.69) is 73.8 Å². The van der Waals surface area contributed by atoms with Gasteiger partial charge in [0, 0.05) is 44.3 Å². The van der Waals surface area contributed by atoms with Crippen molar-refractivity contribution in [1.82, 2.24) is 14.8 Å². The molecule has 0 unspecified atom stereocenters. The van der Waals surface area contributed by atoms with Crippen LogP contribution in [0.3, 0.4) is 0 Å². The zero-order chi connectivity index (χ0) is 21.2. The second-order valence-electron chi connectivity index (χ2n) is 9.46. The minimum Gasteiger partial charge on any atom is -0.385 e. The monoisotopic (exact) mass is 415 g/mol. The number of hydrogen-bond donors (Lipinski definition) is 1. The quantitative estimate of drug-likeness (QED) is 0.535. The van der Waals surface area contributed by atoms with E-state index in [1.54, 1.807) is 0 Å². The molecule has 2 aliphatic carbocycles.